The van der Waals surface area contributed by atoms with Gasteiger partial charge < -0.3 is 4.74 Å². The fraction of sp³-hybridized carbons (Fsp3) is 0.267. The van der Waals surface area contributed by atoms with Crippen LogP contribution in [0.15, 0.2) is 35.7 Å². The van der Waals surface area contributed by atoms with Gasteiger partial charge in [-0.15, -0.1) is 11.3 Å². The van der Waals surface area contributed by atoms with Gasteiger partial charge in [0.05, 0.1) is 4.88 Å². The van der Waals surface area contributed by atoms with E-state index >= 15 is 0 Å². The molecule has 0 atom stereocenters. The fourth-order valence-electron chi connectivity index (χ4n) is 2.02. The molecule has 0 fully saturated rings. The molecule has 0 unspecified atom stereocenters. The SMILES string of the molecule is CC(C)(CC(=O)NO)c1sccc1Oc1ccc(Cl)cc1. The van der Waals surface area contributed by atoms with Gasteiger partial charge >= 0.3 is 0 Å². The predicted octanol–water partition coefficient (Wildman–Crippen LogP) is 4.37. The van der Waals surface area contributed by atoms with Crippen molar-refractivity contribution in [2.45, 2.75) is 25.7 Å². The van der Waals surface area contributed by atoms with E-state index in [-0.39, 0.29) is 6.42 Å². The second-order valence-corrected chi connectivity index (χ2v) is 6.62. The second-order valence-electron chi connectivity index (χ2n) is 5.27. The monoisotopic (exact) mass is 325 g/mol. The molecule has 112 valence electrons. The summed E-state index contributed by atoms with van der Waals surface area (Å²) in [7, 11) is 0. The molecule has 0 aliphatic heterocycles. The van der Waals surface area contributed by atoms with Crippen LogP contribution in [0.3, 0.4) is 0 Å². The zero-order valence-corrected chi connectivity index (χ0v) is 13.3. The molecule has 0 saturated carbocycles. The van der Waals surface area contributed by atoms with E-state index in [9.17, 15) is 4.79 Å². The Balaban J connectivity index is 2.21. The number of hydroxylamine groups is 1. The van der Waals surface area contributed by atoms with Crippen LogP contribution >= 0.6 is 22.9 Å². The number of rotatable bonds is 5. The highest BCUT2D eigenvalue weighted by molar-refractivity contribution is 7.10. The average Bonchev–Trinajstić information content (AvgIpc) is 2.90. The first-order chi connectivity index (χ1) is 9.92. The lowest BCUT2D eigenvalue weighted by atomic mass is 9.87. The summed E-state index contributed by atoms with van der Waals surface area (Å²) < 4.78 is 5.86. The summed E-state index contributed by atoms with van der Waals surface area (Å²) in [5.41, 5.74) is 1.23. The third-order valence-corrected chi connectivity index (χ3v) is 4.53. The van der Waals surface area contributed by atoms with Crippen molar-refractivity contribution in [3.63, 3.8) is 0 Å². The number of benzene rings is 1. The van der Waals surface area contributed by atoms with E-state index < -0.39 is 11.3 Å². The van der Waals surface area contributed by atoms with Crippen molar-refractivity contribution >= 4 is 28.8 Å². The van der Waals surface area contributed by atoms with Crippen molar-refractivity contribution in [1.82, 2.24) is 5.48 Å². The summed E-state index contributed by atoms with van der Waals surface area (Å²) in [4.78, 5) is 12.4. The van der Waals surface area contributed by atoms with Gasteiger partial charge in [0.25, 0.3) is 0 Å². The highest BCUT2D eigenvalue weighted by atomic mass is 35.5. The number of amides is 1. The van der Waals surface area contributed by atoms with Crippen LogP contribution in [0.4, 0.5) is 0 Å². The van der Waals surface area contributed by atoms with Gasteiger partial charge in [-0.3, -0.25) is 10.0 Å². The first-order valence-electron chi connectivity index (χ1n) is 6.37. The minimum Gasteiger partial charge on any atom is -0.456 e. The predicted molar refractivity (Wildman–Crippen MR) is 83.4 cm³/mol. The average molecular weight is 326 g/mol. The molecular weight excluding hydrogens is 310 g/mol. The summed E-state index contributed by atoms with van der Waals surface area (Å²) >= 11 is 7.37. The maximum absolute atomic E-state index is 11.4. The van der Waals surface area contributed by atoms with Gasteiger partial charge in [-0.2, -0.15) is 0 Å². The summed E-state index contributed by atoms with van der Waals surface area (Å²) in [5.74, 6) is 0.963. The molecule has 21 heavy (non-hydrogen) atoms. The first-order valence-corrected chi connectivity index (χ1v) is 7.62. The number of carbonyl (C=O) groups excluding carboxylic acids is 1. The Labute approximate surface area is 132 Å². The Morgan fingerprint density at radius 1 is 1.33 bits per heavy atom. The van der Waals surface area contributed by atoms with Gasteiger partial charge in [0.1, 0.15) is 11.5 Å². The molecule has 2 rings (SSSR count). The van der Waals surface area contributed by atoms with Gasteiger partial charge in [-0.1, -0.05) is 25.4 Å². The molecular formula is C15H16ClNO3S. The van der Waals surface area contributed by atoms with Crippen molar-refractivity contribution in [2.75, 3.05) is 0 Å². The van der Waals surface area contributed by atoms with Crippen LogP contribution in [-0.2, 0) is 10.2 Å². The Hall–Kier alpha value is -1.56. The van der Waals surface area contributed by atoms with Gasteiger partial charge in [0.15, 0.2) is 0 Å². The van der Waals surface area contributed by atoms with E-state index in [1.807, 2.05) is 25.3 Å². The van der Waals surface area contributed by atoms with Crippen LogP contribution in [0, 0.1) is 0 Å². The van der Waals surface area contributed by atoms with Gasteiger partial charge in [0.2, 0.25) is 5.91 Å². The number of thiophene rings is 1. The van der Waals surface area contributed by atoms with Crippen LogP contribution in [-0.4, -0.2) is 11.1 Å². The molecule has 0 bridgehead atoms. The maximum atomic E-state index is 11.4. The molecule has 0 aliphatic rings. The van der Waals surface area contributed by atoms with Crippen LogP contribution in [0.2, 0.25) is 5.02 Å². The Morgan fingerprint density at radius 2 is 2.00 bits per heavy atom. The Kier molecular flexibility index (Phi) is 4.88. The second kappa shape index (κ2) is 6.47. The van der Waals surface area contributed by atoms with Crippen LogP contribution in [0.25, 0.3) is 0 Å². The van der Waals surface area contributed by atoms with Crippen molar-refractivity contribution in [1.29, 1.82) is 0 Å². The smallest absolute Gasteiger partial charge is 0.244 e. The highest BCUT2D eigenvalue weighted by Crippen LogP contribution is 2.40. The molecule has 2 N–H and O–H groups in total. The molecule has 4 nitrogen and oxygen atoms in total. The molecule has 0 radical (unpaired) electrons. The molecule has 0 saturated heterocycles. The van der Waals surface area contributed by atoms with Crippen LogP contribution in [0.5, 0.6) is 11.5 Å². The first kappa shape index (κ1) is 15.8. The number of halogens is 1. The standard InChI is InChI=1S/C15H16ClNO3S/c1-15(2,9-13(18)17-19)14-12(7-8-21-14)20-11-5-3-10(16)4-6-11/h3-8,19H,9H2,1-2H3,(H,17,18). The molecule has 2 aromatic rings. The van der Waals surface area contributed by atoms with Gasteiger partial charge in [0, 0.05) is 16.9 Å². The lowest BCUT2D eigenvalue weighted by Gasteiger charge is -2.23. The van der Waals surface area contributed by atoms with Gasteiger partial charge in [-0.25, -0.2) is 5.48 Å². The number of hydrogen-bond acceptors (Lipinski definition) is 4. The molecule has 0 spiro atoms. The third kappa shape index (κ3) is 3.97. The minimum atomic E-state index is -0.442. The molecule has 1 heterocycles. The van der Waals surface area contributed by atoms with E-state index in [0.29, 0.717) is 16.5 Å². The number of carbonyl (C=O) groups is 1. The Bertz CT molecular complexity index is 622. The lowest BCUT2D eigenvalue weighted by Crippen LogP contribution is -2.28. The number of nitrogens with one attached hydrogen (secondary N) is 1. The number of ether oxygens (including phenoxy) is 1. The maximum Gasteiger partial charge on any atom is 0.244 e. The zero-order valence-electron chi connectivity index (χ0n) is 11.7. The van der Waals surface area contributed by atoms with E-state index in [1.165, 1.54) is 11.3 Å². The lowest BCUT2D eigenvalue weighted by molar-refractivity contribution is -0.130. The summed E-state index contributed by atoms with van der Waals surface area (Å²) in [6.07, 6.45) is 0.168. The van der Waals surface area contributed by atoms with Crippen LogP contribution < -0.4 is 10.2 Å². The zero-order chi connectivity index (χ0) is 15.5. The molecule has 1 amide bonds. The highest BCUT2D eigenvalue weighted by Gasteiger charge is 2.29. The van der Waals surface area contributed by atoms with Crippen molar-refractivity contribution in [3.05, 3.63) is 45.6 Å². The summed E-state index contributed by atoms with van der Waals surface area (Å²) in [6.45, 7) is 3.87. The number of hydrogen-bond donors (Lipinski definition) is 2. The quantitative estimate of drug-likeness (QED) is 0.634. The molecule has 6 heteroatoms. The molecule has 1 aromatic heterocycles. The topological polar surface area (TPSA) is 58.6 Å². The van der Waals surface area contributed by atoms with Crippen LogP contribution in [0.1, 0.15) is 25.1 Å². The molecule has 1 aromatic carbocycles. The van der Waals surface area contributed by atoms with Crippen molar-refractivity contribution < 1.29 is 14.7 Å². The minimum absolute atomic E-state index is 0.168. The van der Waals surface area contributed by atoms with E-state index in [0.717, 1.165) is 4.88 Å². The molecule has 0 aliphatic carbocycles. The largest absolute Gasteiger partial charge is 0.456 e. The van der Waals surface area contributed by atoms with Crippen molar-refractivity contribution in [3.8, 4) is 11.5 Å². The van der Waals surface area contributed by atoms with E-state index in [1.54, 1.807) is 29.7 Å². The normalized spacial score (nSPS) is 11.2. The summed E-state index contributed by atoms with van der Waals surface area (Å²) in [6, 6.07) is 8.96. The van der Waals surface area contributed by atoms with E-state index in [4.69, 9.17) is 21.5 Å². The fourth-order valence-corrected chi connectivity index (χ4v) is 3.09. The van der Waals surface area contributed by atoms with E-state index in [2.05, 4.69) is 0 Å². The van der Waals surface area contributed by atoms with Gasteiger partial charge in [-0.05, 0) is 35.7 Å². The van der Waals surface area contributed by atoms with Crippen molar-refractivity contribution in [2.24, 2.45) is 0 Å². The summed E-state index contributed by atoms with van der Waals surface area (Å²) in [5, 5.41) is 11.2. The Morgan fingerprint density at radius 3 is 2.62 bits per heavy atom. The third-order valence-electron chi connectivity index (χ3n) is 3.01.